The van der Waals surface area contributed by atoms with Crippen LogP contribution in [0.1, 0.15) is 23.6 Å². The molecule has 0 radical (unpaired) electrons. The fourth-order valence-electron chi connectivity index (χ4n) is 1.86. The fourth-order valence-corrected chi connectivity index (χ4v) is 2.15. The van der Waals surface area contributed by atoms with Crippen molar-refractivity contribution in [1.29, 1.82) is 0 Å². The number of carbonyl (C=O) groups excluding carboxylic acids is 1. The van der Waals surface area contributed by atoms with Gasteiger partial charge in [-0.05, 0) is 23.3 Å². The predicted octanol–water partition coefficient (Wildman–Crippen LogP) is 3.22. The lowest BCUT2D eigenvalue weighted by atomic mass is 10.1. The lowest BCUT2D eigenvalue weighted by Gasteiger charge is -2.11. The molecule has 17 heavy (non-hydrogen) atoms. The van der Waals surface area contributed by atoms with Gasteiger partial charge >= 0.3 is 6.18 Å². The molecule has 6 heteroatoms. The van der Waals surface area contributed by atoms with E-state index >= 15 is 0 Å². The van der Waals surface area contributed by atoms with Crippen molar-refractivity contribution in [2.45, 2.75) is 26.2 Å². The third-order valence-corrected chi connectivity index (χ3v) is 3.08. The molecule has 1 aromatic rings. The molecule has 2 nitrogen and oxygen atoms in total. The number of amides is 1. The summed E-state index contributed by atoms with van der Waals surface area (Å²) in [6.07, 6.45) is -4.46. The van der Waals surface area contributed by atoms with Gasteiger partial charge in [0.05, 0.1) is 10.6 Å². The van der Waals surface area contributed by atoms with Crippen LogP contribution in [0.3, 0.4) is 0 Å². The maximum Gasteiger partial charge on any atom is 0.417 e. The number of carbonyl (C=O) groups is 1. The molecule has 0 aromatic heterocycles. The minimum Gasteiger partial charge on any atom is -0.334 e. The molecule has 0 atom stereocenters. The molecular formula is C11H9ClF3NO. The summed E-state index contributed by atoms with van der Waals surface area (Å²) in [6.45, 7) is 1.92. The van der Waals surface area contributed by atoms with Crippen molar-refractivity contribution in [3.63, 3.8) is 0 Å². The molecule has 1 aromatic carbocycles. The Labute approximate surface area is 101 Å². The van der Waals surface area contributed by atoms with Gasteiger partial charge in [0.15, 0.2) is 0 Å². The fraction of sp³-hybridized carbons (Fsp3) is 0.364. The van der Waals surface area contributed by atoms with Crippen LogP contribution < -0.4 is 0 Å². The number of nitrogens with zero attached hydrogens (tertiary/aromatic N) is 1. The highest BCUT2D eigenvalue weighted by Crippen LogP contribution is 2.38. The van der Waals surface area contributed by atoms with E-state index in [0.29, 0.717) is 17.7 Å². The van der Waals surface area contributed by atoms with Crippen molar-refractivity contribution in [3.05, 3.63) is 33.8 Å². The van der Waals surface area contributed by atoms with Crippen LogP contribution >= 0.6 is 11.6 Å². The van der Waals surface area contributed by atoms with E-state index in [0.717, 1.165) is 6.07 Å². The van der Waals surface area contributed by atoms with Crippen molar-refractivity contribution in [3.8, 4) is 0 Å². The van der Waals surface area contributed by atoms with Crippen molar-refractivity contribution in [1.82, 2.24) is 4.90 Å². The first-order valence-electron chi connectivity index (χ1n) is 4.93. The number of alkyl halides is 3. The van der Waals surface area contributed by atoms with Crippen LogP contribution in [0.5, 0.6) is 0 Å². The highest BCUT2D eigenvalue weighted by molar-refractivity contribution is 6.31. The van der Waals surface area contributed by atoms with Crippen molar-refractivity contribution < 1.29 is 18.0 Å². The average Bonchev–Trinajstić information content (AvgIpc) is 2.57. The van der Waals surface area contributed by atoms with Crippen LogP contribution in [-0.4, -0.2) is 10.8 Å². The Kier molecular flexibility index (Phi) is 2.81. The van der Waals surface area contributed by atoms with Gasteiger partial charge in [0.2, 0.25) is 5.91 Å². The zero-order valence-electron chi connectivity index (χ0n) is 8.94. The average molecular weight is 264 g/mol. The van der Waals surface area contributed by atoms with E-state index in [1.54, 1.807) is 0 Å². The Morgan fingerprint density at radius 2 is 1.82 bits per heavy atom. The van der Waals surface area contributed by atoms with E-state index in [2.05, 4.69) is 0 Å². The first-order chi connectivity index (χ1) is 7.79. The van der Waals surface area contributed by atoms with Gasteiger partial charge < -0.3 is 4.90 Å². The molecule has 0 unspecified atom stereocenters. The van der Waals surface area contributed by atoms with Crippen molar-refractivity contribution >= 4 is 17.5 Å². The van der Waals surface area contributed by atoms with Crippen LogP contribution in [0.2, 0.25) is 5.02 Å². The van der Waals surface area contributed by atoms with Gasteiger partial charge in [0.1, 0.15) is 0 Å². The molecule has 0 fully saturated rings. The number of hydrogen-bond donors (Lipinski definition) is 0. The summed E-state index contributed by atoms with van der Waals surface area (Å²) < 4.78 is 37.8. The Morgan fingerprint density at radius 1 is 1.29 bits per heavy atom. The van der Waals surface area contributed by atoms with E-state index in [1.807, 2.05) is 0 Å². The molecule has 0 spiro atoms. The minimum atomic E-state index is -4.46. The van der Waals surface area contributed by atoms with Gasteiger partial charge in [-0.2, -0.15) is 13.2 Å². The first-order valence-corrected chi connectivity index (χ1v) is 5.31. The van der Waals surface area contributed by atoms with Crippen LogP contribution in [0.15, 0.2) is 12.1 Å². The van der Waals surface area contributed by atoms with Crippen molar-refractivity contribution in [2.75, 3.05) is 0 Å². The smallest absolute Gasteiger partial charge is 0.334 e. The molecule has 1 heterocycles. The molecule has 2 rings (SSSR count). The molecule has 0 saturated heterocycles. The van der Waals surface area contributed by atoms with E-state index < -0.39 is 11.7 Å². The van der Waals surface area contributed by atoms with Gasteiger partial charge in [-0.15, -0.1) is 0 Å². The zero-order chi connectivity index (χ0) is 12.8. The number of benzene rings is 1. The minimum absolute atomic E-state index is 0.161. The molecule has 0 N–H and O–H groups in total. The van der Waals surface area contributed by atoms with Crippen molar-refractivity contribution in [2.24, 2.45) is 0 Å². The van der Waals surface area contributed by atoms with Crippen LogP contribution in [0.4, 0.5) is 13.2 Å². The van der Waals surface area contributed by atoms with E-state index in [-0.39, 0.29) is 17.5 Å². The van der Waals surface area contributed by atoms with Crippen LogP contribution in [0.25, 0.3) is 0 Å². The molecule has 1 aliphatic rings. The highest BCUT2D eigenvalue weighted by atomic mass is 35.5. The summed E-state index contributed by atoms with van der Waals surface area (Å²) in [4.78, 5) is 12.6. The second-order valence-corrected chi connectivity index (χ2v) is 4.38. The number of fused-ring (bicyclic) bond motifs is 1. The topological polar surface area (TPSA) is 20.3 Å². The maximum absolute atomic E-state index is 12.6. The Hall–Kier alpha value is -1.23. The SMILES string of the molecule is CC(=O)N1Cc2cc(Cl)c(C(F)(F)F)cc2C1. The molecule has 1 aliphatic heterocycles. The summed E-state index contributed by atoms with van der Waals surface area (Å²) in [7, 11) is 0. The molecular weight excluding hydrogens is 255 g/mol. The van der Waals surface area contributed by atoms with Gasteiger partial charge in [0.25, 0.3) is 0 Å². The predicted molar refractivity (Wildman–Crippen MR) is 56.4 cm³/mol. The molecule has 92 valence electrons. The first kappa shape index (κ1) is 12.2. The maximum atomic E-state index is 12.6. The van der Waals surface area contributed by atoms with E-state index in [4.69, 9.17) is 11.6 Å². The number of rotatable bonds is 0. The summed E-state index contributed by atoms with van der Waals surface area (Å²) in [5.41, 5.74) is 0.346. The van der Waals surface area contributed by atoms with Gasteiger partial charge in [-0.3, -0.25) is 4.79 Å². The highest BCUT2D eigenvalue weighted by Gasteiger charge is 2.35. The molecule has 1 amide bonds. The lowest BCUT2D eigenvalue weighted by molar-refractivity contribution is -0.137. The van der Waals surface area contributed by atoms with Gasteiger partial charge in [-0.1, -0.05) is 11.6 Å². The molecule has 0 bridgehead atoms. The summed E-state index contributed by atoms with van der Waals surface area (Å²) >= 11 is 5.60. The quantitative estimate of drug-likeness (QED) is 0.704. The molecule has 0 saturated carbocycles. The summed E-state index contributed by atoms with van der Waals surface area (Å²) in [5.74, 6) is -0.161. The third kappa shape index (κ3) is 2.24. The monoisotopic (exact) mass is 263 g/mol. The summed E-state index contributed by atoms with van der Waals surface area (Å²) in [5, 5.41) is -0.318. The largest absolute Gasteiger partial charge is 0.417 e. The zero-order valence-corrected chi connectivity index (χ0v) is 9.69. The Morgan fingerprint density at radius 3 is 2.29 bits per heavy atom. The standard InChI is InChI=1S/C11H9ClF3NO/c1-6(17)16-4-7-2-9(11(13,14)15)10(12)3-8(7)5-16/h2-3H,4-5H2,1H3. The second kappa shape index (κ2) is 3.91. The number of halogens is 4. The Balaban J connectivity index is 2.41. The van der Waals surface area contributed by atoms with Gasteiger partial charge in [0, 0.05) is 20.0 Å². The summed E-state index contributed by atoms with van der Waals surface area (Å²) in [6, 6.07) is 2.32. The van der Waals surface area contributed by atoms with Crippen LogP contribution in [0, 0.1) is 0 Å². The normalized spacial score (nSPS) is 15.0. The molecule has 0 aliphatic carbocycles. The number of hydrogen-bond acceptors (Lipinski definition) is 1. The Bertz CT molecular complexity index is 484. The second-order valence-electron chi connectivity index (χ2n) is 3.97. The van der Waals surface area contributed by atoms with E-state index in [1.165, 1.54) is 17.9 Å². The third-order valence-electron chi connectivity index (χ3n) is 2.76. The van der Waals surface area contributed by atoms with E-state index in [9.17, 15) is 18.0 Å². The van der Waals surface area contributed by atoms with Gasteiger partial charge in [-0.25, -0.2) is 0 Å². The lowest BCUT2D eigenvalue weighted by Crippen LogP contribution is -2.21. The van der Waals surface area contributed by atoms with Crippen LogP contribution in [-0.2, 0) is 24.1 Å².